The summed E-state index contributed by atoms with van der Waals surface area (Å²) in [5.41, 5.74) is 0.793. The predicted octanol–water partition coefficient (Wildman–Crippen LogP) is 0.984. The third-order valence-corrected chi connectivity index (χ3v) is 3.83. The molecule has 0 aliphatic carbocycles. The number of amides is 1. The summed E-state index contributed by atoms with van der Waals surface area (Å²) in [4.78, 5) is 15.5. The number of morpholine rings is 1. The number of rotatable bonds is 4. The van der Waals surface area contributed by atoms with Gasteiger partial charge < -0.3 is 14.4 Å². The molecule has 1 aliphatic heterocycles. The van der Waals surface area contributed by atoms with E-state index in [1.54, 1.807) is 12.0 Å². The van der Waals surface area contributed by atoms with Crippen molar-refractivity contribution in [1.29, 1.82) is 0 Å². The van der Waals surface area contributed by atoms with E-state index < -0.39 is 0 Å². The van der Waals surface area contributed by atoms with Gasteiger partial charge >= 0.3 is 0 Å². The second-order valence-corrected chi connectivity index (χ2v) is 5.93. The smallest absolute Gasteiger partial charge is 0.246 e. The van der Waals surface area contributed by atoms with Crippen molar-refractivity contribution in [1.82, 2.24) is 25.1 Å². The molecule has 0 saturated carbocycles. The number of hydrogen-bond acceptors (Lipinski definition) is 6. The van der Waals surface area contributed by atoms with E-state index in [1.165, 1.54) is 4.80 Å². The van der Waals surface area contributed by atoms with Crippen LogP contribution in [0.1, 0.15) is 13.8 Å². The number of nitrogens with zero attached hydrogens (tertiary/aromatic N) is 5. The van der Waals surface area contributed by atoms with Crippen LogP contribution in [0, 0.1) is 0 Å². The highest BCUT2D eigenvalue weighted by molar-refractivity contribution is 5.76. The minimum Gasteiger partial charge on any atom is -0.497 e. The van der Waals surface area contributed by atoms with Gasteiger partial charge in [0.15, 0.2) is 0 Å². The highest BCUT2D eigenvalue weighted by Crippen LogP contribution is 2.19. The molecule has 3 rings (SSSR count). The highest BCUT2D eigenvalue weighted by atomic mass is 16.5. The number of carbonyl (C=O) groups is 1. The Balaban J connectivity index is 1.68. The predicted molar refractivity (Wildman–Crippen MR) is 86.4 cm³/mol. The van der Waals surface area contributed by atoms with E-state index in [0.29, 0.717) is 18.9 Å². The first-order chi connectivity index (χ1) is 11.5. The van der Waals surface area contributed by atoms with Crippen LogP contribution in [0.15, 0.2) is 24.3 Å². The monoisotopic (exact) mass is 331 g/mol. The molecule has 0 bridgehead atoms. The van der Waals surface area contributed by atoms with Crippen LogP contribution in [-0.4, -0.2) is 63.4 Å². The van der Waals surface area contributed by atoms with E-state index >= 15 is 0 Å². The Morgan fingerprint density at radius 2 is 2.08 bits per heavy atom. The zero-order valence-corrected chi connectivity index (χ0v) is 14.0. The van der Waals surface area contributed by atoms with Crippen LogP contribution in [-0.2, 0) is 16.1 Å². The van der Waals surface area contributed by atoms with Crippen molar-refractivity contribution in [2.24, 2.45) is 0 Å². The van der Waals surface area contributed by atoms with E-state index in [-0.39, 0.29) is 24.7 Å². The number of aromatic nitrogens is 4. The fourth-order valence-corrected chi connectivity index (χ4v) is 2.79. The Morgan fingerprint density at radius 3 is 2.79 bits per heavy atom. The first-order valence-corrected chi connectivity index (χ1v) is 7.90. The summed E-state index contributed by atoms with van der Waals surface area (Å²) in [7, 11) is 1.60. The van der Waals surface area contributed by atoms with Gasteiger partial charge in [0.1, 0.15) is 12.3 Å². The largest absolute Gasteiger partial charge is 0.497 e. The molecule has 0 radical (unpaired) electrons. The van der Waals surface area contributed by atoms with Gasteiger partial charge in [-0.25, -0.2) is 0 Å². The molecule has 1 saturated heterocycles. The maximum Gasteiger partial charge on any atom is 0.246 e. The summed E-state index contributed by atoms with van der Waals surface area (Å²) in [6.07, 6.45) is 0.0718. The average molecular weight is 331 g/mol. The molecule has 8 nitrogen and oxygen atoms in total. The first-order valence-electron chi connectivity index (χ1n) is 7.90. The van der Waals surface area contributed by atoms with Crippen molar-refractivity contribution in [2.75, 3.05) is 20.2 Å². The molecule has 0 unspecified atom stereocenters. The topological polar surface area (TPSA) is 82.4 Å². The Kier molecular flexibility index (Phi) is 4.75. The van der Waals surface area contributed by atoms with Crippen LogP contribution < -0.4 is 4.74 Å². The van der Waals surface area contributed by atoms with Crippen LogP contribution in [0.2, 0.25) is 0 Å². The number of benzene rings is 1. The Morgan fingerprint density at radius 1 is 1.33 bits per heavy atom. The van der Waals surface area contributed by atoms with Gasteiger partial charge in [-0.15, -0.1) is 10.2 Å². The second kappa shape index (κ2) is 6.96. The van der Waals surface area contributed by atoms with Crippen molar-refractivity contribution in [3.8, 4) is 17.1 Å². The fourth-order valence-electron chi connectivity index (χ4n) is 2.79. The number of tetrazole rings is 1. The third kappa shape index (κ3) is 3.70. The lowest BCUT2D eigenvalue weighted by Crippen LogP contribution is -2.49. The molecule has 1 aromatic carbocycles. The molecule has 2 aromatic rings. The lowest BCUT2D eigenvalue weighted by Gasteiger charge is -2.35. The number of hydrogen-bond donors (Lipinski definition) is 0. The molecule has 8 heteroatoms. The minimum absolute atomic E-state index is 0.0356. The van der Waals surface area contributed by atoms with Crippen molar-refractivity contribution in [3.63, 3.8) is 0 Å². The minimum atomic E-state index is -0.0356. The molecule has 2 atom stereocenters. The lowest BCUT2D eigenvalue weighted by atomic mass is 10.2. The maximum absolute atomic E-state index is 12.4. The van der Waals surface area contributed by atoms with Crippen molar-refractivity contribution >= 4 is 5.91 Å². The van der Waals surface area contributed by atoms with E-state index in [1.807, 2.05) is 38.1 Å². The lowest BCUT2D eigenvalue weighted by molar-refractivity contribution is -0.144. The van der Waals surface area contributed by atoms with Gasteiger partial charge in [-0.1, -0.05) is 12.1 Å². The fraction of sp³-hybridized carbons (Fsp3) is 0.500. The van der Waals surface area contributed by atoms with E-state index in [4.69, 9.17) is 9.47 Å². The van der Waals surface area contributed by atoms with Gasteiger partial charge in [0.2, 0.25) is 11.7 Å². The third-order valence-electron chi connectivity index (χ3n) is 3.83. The highest BCUT2D eigenvalue weighted by Gasteiger charge is 2.26. The molecule has 2 heterocycles. The van der Waals surface area contributed by atoms with Crippen LogP contribution >= 0.6 is 0 Å². The second-order valence-electron chi connectivity index (χ2n) is 5.93. The maximum atomic E-state index is 12.4. The van der Waals surface area contributed by atoms with E-state index in [2.05, 4.69) is 15.4 Å². The van der Waals surface area contributed by atoms with Crippen molar-refractivity contribution < 1.29 is 14.3 Å². The molecule has 1 fully saturated rings. The molecular weight excluding hydrogens is 310 g/mol. The van der Waals surface area contributed by atoms with Crippen LogP contribution in [0.4, 0.5) is 0 Å². The molecule has 24 heavy (non-hydrogen) atoms. The van der Waals surface area contributed by atoms with Gasteiger partial charge in [-0.05, 0) is 31.2 Å². The zero-order valence-electron chi connectivity index (χ0n) is 14.0. The number of carbonyl (C=O) groups excluding carboxylic acids is 1. The molecule has 0 spiro atoms. The SMILES string of the molecule is COc1cccc(-c2nnn(CC(=O)N3C[C@@H](C)O[C@@H](C)C3)n2)c1. The van der Waals surface area contributed by atoms with Gasteiger partial charge in [0, 0.05) is 18.7 Å². The zero-order chi connectivity index (χ0) is 17.1. The normalized spacial score (nSPS) is 20.9. The van der Waals surface area contributed by atoms with Crippen LogP contribution in [0.5, 0.6) is 5.75 Å². The summed E-state index contributed by atoms with van der Waals surface area (Å²) in [5.74, 6) is 1.15. The average Bonchev–Trinajstić information content (AvgIpc) is 3.02. The molecule has 1 amide bonds. The molecule has 1 aliphatic rings. The van der Waals surface area contributed by atoms with Gasteiger partial charge in [0.25, 0.3) is 0 Å². The Bertz CT molecular complexity index is 707. The Labute approximate surface area is 140 Å². The van der Waals surface area contributed by atoms with Crippen molar-refractivity contribution in [3.05, 3.63) is 24.3 Å². The van der Waals surface area contributed by atoms with Crippen LogP contribution in [0.25, 0.3) is 11.4 Å². The van der Waals surface area contributed by atoms with E-state index in [9.17, 15) is 4.79 Å². The van der Waals surface area contributed by atoms with Gasteiger partial charge in [-0.3, -0.25) is 4.79 Å². The van der Waals surface area contributed by atoms with Gasteiger partial charge in [-0.2, -0.15) is 4.80 Å². The number of methoxy groups -OCH3 is 1. The molecule has 128 valence electrons. The quantitative estimate of drug-likeness (QED) is 0.831. The summed E-state index contributed by atoms with van der Waals surface area (Å²) in [5, 5.41) is 12.3. The summed E-state index contributed by atoms with van der Waals surface area (Å²) >= 11 is 0. The van der Waals surface area contributed by atoms with Gasteiger partial charge in [0.05, 0.1) is 19.3 Å². The van der Waals surface area contributed by atoms with Crippen LogP contribution in [0.3, 0.4) is 0 Å². The molecule has 1 aromatic heterocycles. The summed E-state index contributed by atoms with van der Waals surface area (Å²) in [6.45, 7) is 5.16. The molecule has 0 N–H and O–H groups in total. The summed E-state index contributed by atoms with van der Waals surface area (Å²) in [6, 6.07) is 7.40. The standard InChI is InChI=1S/C16H21N5O3/c1-11-8-20(9-12(2)24-11)15(22)10-21-18-16(17-19-21)13-5-4-6-14(7-13)23-3/h4-7,11-12H,8-10H2,1-3H3/t11-,12+. The van der Waals surface area contributed by atoms with E-state index in [0.717, 1.165) is 11.3 Å². The number of ether oxygens (including phenoxy) is 2. The van der Waals surface area contributed by atoms with Crippen molar-refractivity contribution in [2.45, 2.75) is 32.6 Å². The first kappa shape index (κ1) is 16.4. The molecular formula is C16H21N5O3. The summed E-state index contributed by atoms with van der Waals surface area (Å²) < 4.78 is 10.8. The Hall–Kier alpha value is -2.48.